The Bertz CT molecular complexity index is 886. The van der Waals surface area contributed by atoms with E-state index in [4.69, 9.17) is 0 Å². The van der Waals surface area contributed by atoms with Crippen LogP contribution in [0, 0.1) is 5.92 Å². The number of hydrogen-bond acceptors (Lipinski definition) is 7. The molecule has 1 aliphatic heterocycles. The van der Waals surface area contributed by atoms with Crippen molar-refractivity contribution in [2.45, 2.75) is 43.0 Å². The lowest BCUT2D eigenvalue weighted by atomic mass is 9.92. The summed E-state index contributed by atoms with van der Waals surface area (Å²) >= 11 is 3.01. The van der Waals surface area contributed by atoms with E-state index in [9.17, 15) is 9.59 Å². The predicted molar refractivity (Wildman–Crippen MR) is 106 cm³/mol. The average Bonchev–Trinajstić information content (AvgIpc) is 3.02. The Morgan fingerprint density at radius 3 is 2.89 bits per heavy atom. The van der Waals surface area contributed by atoms with Crippen LogP contribution in [0.25, 0.3) is 0 Å². The third-order valence-corrected chi connectivity index (χ3v) is 6.41. The number of nitrogens with zero attached hydrogens (tertiary/aromatic N) is 5. The second-order valence-electron chi connectivity index (χ2n) is 7.49. The van der Waals surface area contributed by atoms with Crippen LogP contribution >= 0.6 is 23.5 Å². The number of aromatic nitrogens is 5. The predicted octanol–water partition coefficient (Wildman–Crippen LogP) is 1.30. The van der Waals surface area contributed by atoms with Crippen molar-refractivity contribution in [1.82, 2.24) is 29.6 Å². The highest BCUT2D eigenvalue weighted by Crippen LogP contribution is 2.28. The summed E-state index contributed by atoms with van der Waals surface area (Å²) in [7, 11) is 1.88. The topological polar surface area (TPSA) is 94.7 Å². The van der Waals surface area contributed by atoms with Gasteiger partial charge in [-0.25, -0.2) is 4.98 Å². The van der Waals surface area contributed by atoms with Crippen LogP contribution in [0.2, 0.25) is 0 Å². The molecule has 1 amide bonds. The van der Waals surface area contributed by atoms with Crippen molar-refractivity contribution in [3.05, 3.63) is 28.4 Å². The zero-order chi connectivity index (χ0) is 19.6. The number of thioether (sulfide) groups is 2. The molecule has 27 heavy (non-hydrogen) atoms. The summed E-state index contributed by atoms with van der Waals surface area (Å²) in [5.41, 5.74) is 0.520. The van der Waals surface area contributed by atoms with Gasteiger partial charge in [0.15, 0.2) is 10.3 Å². The maximum Gasteiger partial charge on any atom is 0.254 e. The highest BCUT2D eigenvalue weighted by Gasteiger charge is 2.28. The zero-order valence-corrected chi connectivity index (χ0v) is 17.6. The van der Waals surface area contributed by atoms with Crippen LogP contribution in [-0.4, -0.2) is 48.3 Å². The van der Waals surface area contributed by atoms with E-state index in [1.165, 1.54) is 11.8 Å². The van der Waals surface area contributed by atoms with Crippen LogP contribution in [-0.2, 0) is 23.8 Å². The van der Waals surface area contributed by atoms with Gasteiger partial charge in [0, 0.05) is 43.1 Å². The number of nitrogens with one attached hydrogen (secondary N) is 1. The number of amides is 1. The molecule has 1 unspecified atom stereocenters. The molecule has 0 radical (unpaired) electrons. The Labute approximate surface area is 166 Å². The first kappa shape index (κ1) is 19.9. The molecule has 1 N–H and O–H groups in total. The van der Waals surface area contributed by atoms with Gasteiger partial charge in [-0.15, -0.1) is 10.2 Å². The molecular formula is C17H24N6O2S2. The third-order valence-electron chi connectivity index (χ3n) is 4.23. The fourth-order valence-corrected chi connectivity index (χ4v) is 4.45. The van der Waals surface area contributed by atoms with Crippen molar-refractivity contribution >= 4 is 29.4 Å². The largest absolute Gasteiger partial charge is 0.355 e. The summed E-state index contributed by atoms with van der Waals surface area (Å²) in [5, 5.41) is 12.3. The van der Waals surface area contributed by atoms with Crippen molar-refractivity contribution in [2.75, 3.05) is 18.1 Å². The van der Waals surface area contributed by atoms with Crippen LogP contribution in [0.1, 0.15) is 26.5 Å². The van der Waals surface area contributed by atoms with Gasteiger partial charge in [0.2, 0.25) is 5.91 Å². The SMILES string of the molecule is Cn1cnnc1SCCNC(=O)C1CSc2nc(C(C)(C)C)cc(=O)n2C1. The first-order chi connectivity index (χ1) is 12.8. The molecule has 3 heterocycles. The zero-order valence-electron chi connectivity index (χ0n) is 15.9. The number of aryl methyl sites for hydroxylation is 1. The van der Waals surface area contributed by atoms with Gasteiger partial charge in [0.25, 0.3) is 5.56 Å². The van der Waals surface area contributed by atoms with E-state index in [2.05, 4.69) is 20.5 Å². The minimum Gasteiger partial charge on any atom is -0.355 e. The minimum atomic E-state index is -0.234. The Kier molecular flexibility index (Phi) is 5.95. The van der Waals surface area contributed by atoms with Gasteiger partial charge in [-0.3, -0.25) is 14.2 Å². The molecule has 0 fully saturated rings. The monoisotopic (exact) mass is 408 g/mol. The van der Waals surface area contributed by atoms with Gasteiger partial charge < -0.3 is 9.88 Å². The molecule has 1 aliphatic rings. The summed E-state index contributed by atoms with van der Waals surface area (Å²) in [5.74, 6) is 1.08. The van der Waals surface area contributed by atoms with E-state index >= 15 is 0 Å². The Morgan fingerprint density at radius 2 is 2.22 bits per heavy atom. The van der Waals surface area contributed by atoms with E-state index < -0.39 is 0 Å². The van der Waals surface area contributed by atoms with Gasteiger partial charge in [-0.2, -0.15) is 0 Å². The quantitative estimate of drug-likeness (QED) is 0.453. The van der Waals surface area contributed by atoms with Gasteiger partial charge in [-0.05, 0) is 0 Å². The highest BCUT2D eigenvalue weighted by molar-refractivity contribution is 7.99. The van der Waals surface area contributed by atoms with E-state index in [-0.39, 0.29) is 22.8 Å². The van der Waals surface area contributed by atoms with Crippen LogP contribution in [0.4, 0.5) is 0 Å². The van der Waals surface area contributed by atoms with Gasteiger partial charge in [0.05, 0.1) is 11.6 Å². The summed E-state index contributed by atoms with van der Waals surface area (Å²) < 4.78 is 3.45. The third kappa shape index (κ3) is 4.73. The summed E-state index contributed by atoms with van der Waals surface area (Å²) in [6.07, 6.45) is 1.65. The van der Waals surface area contributed by atoms with Crippen molar-refractivity contribution < 1.29 is 4.79 Å². The summed E-state index contributed by atoms with van der Waals surface area (Å²) in [4.78, 5) is 29.6. The molecule has 0 saturated heterocycles. The van der Waals surface area contributed by atoms with Crippen molar-refractivity contribution in [3.8, 4) is 0 Å². The molecule has 0 spiro atoms. The van der Waals surface area contributed by atoms with Crippen LogP contribution in [0.15, 0.2) is 27.5 Å². The summed E-state index contributed by atoms with van der Waals surface area (Å²) in [6, 6.07) is 1.59. The molecule has 0 aromatic carbocycles. The molecule has 146 valence electrons. The van der Waals surface area contributed by atoms with Crippen molar-refractivity contribution in [1.29, 1.82) is 0 Å². The fourth-order valence-electron chi connectivity index (χ4n) is 2.62. The maximum atomic E-state index is 12.5. The second-order valence-corrected chi connectivity index (χ2v) is 9.54. The van der Waals surface area contributed by atoms with E-state index in [1.54, 1.807) is 28.7 Å². The molecule has 10 heteroatoms. The normalized spacial score (nSPS) is 16.8. The van der Waals surface area contributed by atoms with Gasteiger partial charge >= 0.3 is 0 Å². The molecule has 2 aromatic heterocycles. The summed E-state index contributed by atoms with van der Waals surface area (Å²) in [6.45, 7) is 7.03. The van der Waals surface area contributed by atoms with E-state index in [1.807, 2.05) is 32.4 Å². The van der Waals surface area contributed by atoms with Crippen LogP contribution < -0.4 is 10.9 Å². The molecule has 3 rings (SSSR count). The van der Waals surface area contributed by atoms with E-state index in [0.717, 1.165) is 10.9 Å². The number of carbonyl (C=O) groups excluding carboxylic acids is 1. The Balaban J connectivity index is 1.56. The smallest absolute Gasteiger partial charge is 0.254 e. The molecule has 0 bridgehead atoms. The molecule has 0 saturated carbocycles. The second kappa shape index (κ2) is 8.05. The lowest BCUT2D eigenvalue weighted by Crippen LogP contribution is -2.41. The minimum absolute atomic E-state index is 0.0292. The van der Waals surface area contributed by atoms with Crippen LogP contribution in [0.3, 0.4) is 0 Å². The van der Waals surface area contributed by atoms with E-state index in [0.29, 0.717) is 29.8 Å². The first-order valence-corrected chi connectivity index (χ1v) is 10.7. The molecular weight excluding hydrogens is 384 g/mol. The molecule has 2 aromatic rings. The Morgan fingerprint density at radius 1 is 1.44 bits per heavy atom. The van der Waals surface area contributed by atoms with Crippen molar-refractivity contribution in [2.24, 2.45) is 13.0 Å². The number of hydrogen-bond donors (Lipinski definition) is 1. The number of fused-ring (bicyclic) bond motifs is 1. The fraction of sp³-hybridized carbons (Fsp3) is 0.588. The number of rotatable bonds is 5. The lowest BCUT2D eigenvalue weighted by Gasteiger charge is -2.26. The molecule has 0 aliphatic carbocycles. The first-order valence-electron chi connectivity index (χ1n) is 8.75. The van der Waals surface area contributed by atoms with Gasteiger partial charge in [0.1, 0.15) is 6.33 Å². The maximum absolute atomic E-state index is 12.5. The molecule has 8 nitrogen and oxygen atoms in total. The van der Waals surface area contributed by atoms with Gasteiger partial charge in [-0.1, -0.05) is 44.3 Å². The Hall–Kier alpha value is -1.81. The highest BCUT2D eigenvalue weighted by atomic mass is 32.2. The average molecular weight is 409 g/mol. The van der Waals surface area contributed by atoms with Crippen LogP contribution in [0.5, 0.6) is 0 Å². The lowest BCUT2D eigenvalue weighted by molar-refractivity contribution is -0.124. The van der Waals surface area contributed by atoms with Crippen molar-refractivity contribution in [3.63, 3.8) is 0 Å². The number of carbonyl (C=O) groups is 1. The standard InChI is InChI=1S/C17H24N6O2S2/c1-17(2,3)12-7-13(24)23-8-11(9-27-15(23)20-12)14(25)18-5-6-26-16-21-19-10-22(16)4/h7,10-11H,5-6,8-9H2,1-4H3,(H,18,25). The molecule has 1 atom stereocenters.